The average molecular weight is 376 g/mol. The van der Waals surface area contributed by atoms with Gasteiger partial charge in [-0.1, -0.05) is 25.4 Å². The maximum atomic E-state index is 12.5. The highest BCUT2D eigenvalue weighted by molar-refractivity contribution is 9.10. The first kappa shape index (κ1) is 18.0. The first-order valence-electron chi connectivity index (χ1n) is 7.00. The lowest BCUT2D eigenvalue weighted by atomic mass is 10.2. The normalized spacial score (nSPS) is 10.3. The minimum absolute atomic E-state index is 0.0698. The van der Waals surface area contributed by atoms with Crippen molar-refractivity contribution in [3.63, 3.8) is 0 Å². The third-order valence-electron chi connectivity index (χ3n) is 2.85. The molecular weight excluding hydrogens is 356 g/mol. The van der Waals surface area contributed by atoms with E-state index >= 15 is 0 Å². The van der Waals surface area contributed by atoms with E-state index in [1.165, 1.54) is 0 Å². The standard InChI is InChI=1S/C15H20BrClN2O2/c1-3-7-18-14(20)10-19(8-4-2)15(21)11-5-6-12(16)13(17)9-11/h5-6,9H,3-4,7-8,10H2,1-2H3,(H,18,20). The molecule has 6 heteroatoms. The summed E-state index contributed by atoms with van der Waals surface area (Å²) < 4.78 is 0.739. The van der Waals surface area contributed by atoms with Crippen LogP contribution in [0.1, 0.15) is 37.0 Å². The fourth-order valence-corrected chi connectivity index (χ4v) is 2.25. The fraction of sp³-hybridized carbons (Fsp3) is 0.467. The number of nitrogens with one attached hydrogen (secondary N) is 1. The van der Waals surface area contributed by atoms with Crippen LogP contribution in [-0.2, 0) is 4.79 Å². The van der Waals surface area contributed by atoms with Crippen molar-refractivity contribution in [2.75, 3.05) is 19.6 Å². The van der Waals surface area contributed by atoms with Crippen molar-refractivity contribution in [3.05, 3.63) is 33.3 Å². The zero-order valence-electron chi connectivity index (χ0n) is 12.3. The van der Waals surface area contributed by atoms with Crippen molar-refractivity contribution in [3.8, 4) is 0 Å². The third-order valence-corrected chi connectivity index (χ3v) is 4.09. The van der Waals surface area contributed by atoms with Crippen molar-refractivity contribution < 1.29 is 9.59 Å². The Labute approximate surface area is 139 Å². The smallest absolute Gasteiger partial charge is 0.254 e. The molecule has 1 aromatic rings. The van der Waals surface area contributed by atoms with Gasteiger partial charge in [0.25, 0.3) is 5.91 Å². The Hall–Kier alpha value is -1.07. The van der Waals surface area contributed by atoms with Gasteiger partial charge in [-0.25, -0.2) is 0 Å². The van der Waals surface area contributed by atoms with E-state index in [9.17, 15) is 9.59 Å². The Bertz CT molecular complexity index is 508. The summed E-state index contributed by atoms with van der Waals surface area (Å²) >= 11 is 9.31. The lowest BCUT2D eigenvalue weighted by molar-refractivity contribution is -0.121. The Kier molecular flexibility index (Phi) is 7.75. The van der Waals surface area contributed by atoms with Crippen LogP contribution in [0.4, 0.5) is 0 Å². The molecule has 1 N–H and O–H groups in total. The minimum atomic E-state index is -0.183. The van der Waals surface area contributed by atoms with Gasteiger partial charge in [0.15, 0.2) is 0 Å². The second kappa shape index (κ2) is 9.05. The summed E-state index contributed by atoms with van der Waals surface area (Å²) in [5, 5.41) is 3.26. The predicted molar refractivity (Wildman–Crippen MR) is 88.6 cm³/mol. The highest BCUT2D eigenvalue weighted by atomic mass is 79.9. The van der Waals surface area contributed by atoms with Gasteiger partial charge in [0.2, 0.25) is 5.91 Å². The molecule has 0 radical (unpaired) electrons. The number of rotatable bonds is 7. The van der Waals surface area contributed by atoms with Crippen LogP contribution < -0.4 is 5.32 Å². The van der Waals surface area contributed by atoms with Crippen LogP contribution >= 0.6 is 27.5 Å². The van der Waals surface area contributed by atoms with Crippen molar-refractivity contribution in [2.24, 2.45) is 0 Å². The van der Waals surface area contributed by atoms with Crippen LogP contribution in [0.5, 0.6) is 0 Å². The molecular formula is C15H20BrClN2O2. The molecule has 0 aromatic heterocycles. The molecule has 0 bridgehead atoms. The monoisotopic (exact) mass is 374 g/mol. The van der Waals surface area contributed by atoms with Crippen molar-refractivity contribution in [1.29, 1.82) is 0 Å². The molecule has 0 unspecified atom stereocenters. The molecule has 0 atom stereocenters. The second-order valence-electron chi connectivity index (χ2n) is 4.71. The zero-order chi connectivity index (χ0) is 15.8. The van der Waals surface area contributed by atoms with Crippen molar-refractivity contribution in [1.82, 2.24) is 10.2 Å². The summed E-state index contributed by atoms with van der Waals surface area (Å²) in [7, 11) is 0. The van der Waals surface area contributed by atoms with Crippen LogP contribution in [0.15, 0.2) is 22.7 Å². The lowest BCUT2D eigenvalue weighted by Gasteiger charge is -2.22. The topological polar surface area (TPSA) is 49.4 Å². The Morgan fingerprint density at radius 1 is 1.29 bits per heavy atom. The highest BCUT2D eigenvalue weighted by Crippen LogP contribution is 2.23. The van der Waals surface area contributed by atoms with Crippen LogP contribution in [0.2, 0.25) is 5.02 Å². The lowest BCUT2D eigenvalue weighted by Crippen LogP contribution is -2.41. The molecule has 0 heterocycles. The first-order valence-corrected chi connectivity index (χ1v) is 8.17. The first-order chi connectivity index (χ1) is 9.99. The molecule has 0 saturated heterocycles. The summed E-state index contributed by atoms with van der Waals surface area (Å²) in [6.07, 6.45) is 1.66. The number of nitrogens with zero attached hydrogens (tertiary/aromatic N) is 1. The van der Waals surface area contributed by atoms with Crippen molar-refractivity contribution >= 4 is 39.3 Å². The molecule has 0 aliphatic heterocycles. The van der Waals surface area contributed by atoms with Gasteiger partial charge in [0.05, 0.1) is 11.6 Å². The molecule has 1 aromatic carbocycles. The van der Waals surface area contributed by atoms with Crippen LogP contribution in [0.25, 0.3) is 0 Å². The minimum Gasteiger partial charge on any atom is -0.355 e. The number of hydrogen-bond donors (Lipinski definition) is 1. The maximum absolute atomic E-state index is 12.5. The molecule has 0 saturated carbocycles. The van der Waals surface area contributed by atoms with Crippen molar-refractivity contribution in [2.45, 2.75) is 26.7 Å². The van der Waals surface area contributed by atoms with E-state index in [1.54, 1.807) is 23.1 Å². The quantitative estimate of drug-likeness (QED) is 0.793. The van der Waals surface area contributed by atoms with Gasteiger partial charge < -0.3 is 10.2 Å². The van der Waals surface area contributed by atoms with Gasteiger partial charge >= 0.3 is 0 Å². The van der Waals surface area contributed by atoms with Gasteiger partial charge in [-0.2, -0.15) is 0 Å². The summed E-state index contributed by atoms with van der Waals surface area (Å²) in [6.45, 7) is 5.18. The SMILES string of the molecule is CCCNC(=O)CN(CCC)C(=O)c1ccc(Br)c(Cl)c1. The van der Waals surface area contributed by atoms with Crippen LogP contribution in [0, 0.1) is 0 Å². The van der Waals surface area contributed by atoms with Gasteiger partial charge in [-0.3, -0.25) is 9.59 Å². The van der Waals surface area contributed by atoms with Gasteiger partial charge in [-0.05, 0) is 47.0 Å². The predicted octanol–water partition coefficient (Wildman–Crippen LogP) is 3.48. The summed E-state index contributed by atoms with van der Waals surface area (Å²) in [6, 6.07) is 5.04. The molecule has 21 heavy (non-hydrogen) atoms. The molecule has 1 rings (SSSR count). The van der Waals surface area contributed by atoms with Gasteiger partial charge in [0, 0.05) is 23.1 Å². The van der Waals surface area contributed by atoms with Crippen LogP contribution in [-0.4, -0.2) is 36.3 Å². The average Bonchev–Trinajstić information content (AvgIpc) is 2.46. The van der Waals surface area contributed by atoms with E-state index < -0.39 is 0 Å². The molecule has 4 nitrogen and oxygen atoms in total. The van der Waals surface area contributed by atoms with E-state index in [4.69, 9.17) is 11.6 Å². The Balaban J connectivity index is 2.81. The molecule has 0 fully saturated rings. The molecule has 0 aliphatic carbocycles. The number of hydrogen-bond acceptors (Lipinski definition) is 2. The third kappa shape index (κ3) is 5.67. The Morgan fingerprint density at radius 2 is 2.00 bits per heavy atom. The molecule has 116 valence electrons. The number of carbonyl (C=O) groups is 2. The number of amides is 2. The maximum Gasteiger partial charge on any atom is 0.254 e. The number of benzene rings is 1. The summed E-state index contributed by atoms with van der Waals surface area (Å²) in [4.78, 5) is 25.8. The van der Waals surface area contributed by atoms with E-state index in [0.29, 0.717) is 23.7 Å². The fourth-order valence-electron chi connectivity index (χ4n) is 1.83. The van der Waals surface area contributed by atoms with E-state index in [-0.39, 0.29) is 18.4 Å². The van der Waals surface area contributed by atoms with E-state index in [0.717, 1.165) is 17.3 Å². The van der Waals surface area contributed by atoms with E-state index in [1.807, 2.05) is 13.8 Å². The summed E-state index contributed by atoms with van der Waals surface area (Å²) in [5.41, 5.74) is 0.486. The van der Waals surface area contributed by atoms with Crippen LogP contribution in [0.3, 0.4) is 0 Å². The zero-order valence-corrected chi connectivity index (χ0v) is 14.6. The number of carbonyl (C=O) groups excluding carboxylic acids is 2. The number of halogens is 2. The van der Waals surface area contributed by atoms with E-state index in [2.05, 4.69) is 21.2 Å². The van der Waals surface area contributed by atoms with Gasteiger partial charge in [-0.15, -0.1) is 0 Å². The molecule has 2 amide bonds. The second-order valence-corrected chi connectivity index (χ2v) is 5.97. The Morgan fingerprint density at radius 3 is 2.57 bits per heavy atom. The van der Waals surface area contributed by atoms with Gasteiger partial charge in [0.1, 0.15) is 0 Å². The highest BCUT2D eigenvalue weighted by Gasteiger charge is 2.18. The summed E-state index contributed by atoms with van der Waals surface area (Å²) in [5.74, 6) is -0.320. The largest absolute Gasteiger partial charge is 0.355 e. The molecule has 0 aliphatic rings. The molecule has 0 spiro atoms.